The molecule has 0 bridgehead atoms. The third-order valence-corrected chi connectivity index (χ3v) is 3.16. The molecule has 1 N–H and O–H groups in total. The summed E-state index contributed by atoms with van der Waals surface area (Å²) < 4.78 is 0. The van der Waals surface area contributed by atoms with Crippen molar-refractivity contribution < 1.29 is 5.11 Å². The van der Waals surface area contributed by atoms with E-state index in [1.807, 2.05) is 18.2 Å². The molecule has 1 fully saturated rings. The zero-order valence-corrected chi connectivity index (χ0v) is 8.05. The van der Waals surface area contributed by atoms with Crippen LogP contribution in [0.25, 0.3) is 0 Å². The predicted octanol–water partition coefficient (Wildman–Crippen LogP) is 2.39. The van der Waals surface area contributed by atoms with Crippen molar-refractivity contribution in [2.75, 3.05) is 0 Å². The second kappa shape index (κ2) is 3.07. The van der Waals surface area contributed by atoms with Gasteiger partial charge in [0.2, 0.25) is 0 Å². The Kier molecular flexibility index (Phi) is 2.04. The summed E-state index contributed by atoms with van der Waals surface area (Å²) >= 11 is 4.88. The van der Waals surface area contributed by atoms with Crippen molar-refractivity contribution in [2.45, 2.75) is 24.7 Å². The van der Waals surface area contributed by atoms with Crippen LogP contribution >= 0.6 is 12.2 Å². The smallest absolute Gasteiger partial charge is 0.168 e. The van der Waals surface area contributed by atoms with Gasteiger partial charge >= 0.3 is 0 Å². The van der Waals surface area contributed by atoms with Crippen molar-refractivity contribution in [1.82, 2.24) is 4.98 Å². The van der Waals surface area contributed by atoms with Crippen LogP contribution in [0.2, 0.25) is 0 Å². The zero-order valence-electron chi connectivity index (χ0n) is 7.23. The molecule has 0 spiro atoms. The van der Waals surface area contributed by atoms with E-state index in [-0.39, 0.29) is 10.5 Å². The highest BCUT2D eigenvalue weighted by molar-refractivity contribution is 7.80. The van der Waals surface area contributed by atoms with Gasteiger partial charge in [-0.3, -0.25) is 4.98 Å². The van der Waals surface area contributed by atoms with E-state index in [0.29, 0.717) is 0 Å². The number of aliphatic hydroxyl groups is 1. The maximum Gasteiger partial charge on any atom is 0.168 e. The quantitative estimate of drug-likeness (QED) is 0.732. The highest BCUT2D eigenvalue weighted by Gasteiger charge is 2.44. The molecule has 1 aliphatic carbocycles. The fraction of sp³-hybridized carbons (Fsp3) is 0.400. The summed E-state index contributed by atoms with van der Waals surface area (Å²) in [5.74, 6) is 0. The largest absolute Gasteiger partial charge is 0.501 e. The van der Waals surface area contributed by atoms with Gasteiger partial charge in [0.25, 0.3) is 0 Å². The number of aliphatic hydroxyl groups excluding tert-OH is 1. The summed E-state index contributed by atoms with van der Waals surface area (Å²) in [5.41, 5.74) is 0.602. The SMILES string of the molecule is OC(=S)C1(c2ccccn2)CCC1. The van der Waals surface area contributed by atoms with Crippen molar-refractivity contribution in [2.24, 2.45) is 0 Å². The van der Waals surface area contributed by atoms with E-state index >= 15 is 0 Å². The molecular formula is C10H11NOS. The van der Waals surface area contributed by atoms with Crippen molar-refractivity contribution >= 4 is 17.3 Å². The maximum absolute atomic E-state index is 9.47. The van der Waals surface area contributed by atoms with Crippen LogP contribution in [-0.4, -0.2) is 15.1 Å². The zero-order chi connectivity index (χ0) is 9.31. The van der Waals surface area contributed by atoms with Crippen LogP contribution in [-0.2, 0) is 5.41 Å². The average Bonchev–Trinajstić information content (AvgIpc) is 2.03. The van der Waals surface area contributed by atoms with Crippen molar-refractivity contribution in [3.63, 3.8) is 0 Å². The standard InChI is InChI=1S/C10H11NOS/c12-9(13)10(5-3-6-10)8-4-1-2-7-11-8/h1-2,4,7H,3,5-6H2,(H,12,13). The second-order valence-electron chi connectivity index (χ2n) is 3.46. The predicted molar refractivity (Wildman–Crippen MR) is 55.0 cm³/mol. The molecule has 3 heteroatoms. The summed E-state index contributed by atoms with van der Waals surface area (Å²) in [6, 6.07) is 5.73. The summed E-state index contributed by atoms with van der Waals surface area (Å²) in [4.78, 5) is 4.25. The molecule has 0 unspecified atom stereocenters. The topological polar surface area (TPSA) is 33.1 Å². The van der Waals surface area contributed by atoms with Gasteiger partial charge in [0.1, 0.15) is 0 Å². The number of rotatable bonds is 2. The first-order valence-corrected chi connectivity index (χ1v) is 4.81. The lowest BCUT2D eigenvalue weighted by Crippen LogP contribution is -2.42. The van der Waals surface area contributed by atoms with E-state index in [1.54, 1.807) is 6.20 Å². The fourth-order valence-corrected chi connectivity index (χ4v) is 2.06. The van der Waals surface area contributed by atoms with Gasteiger partial charge in [-0.2, -0.15) is 0 Å². The minimum absolute atomic E-state index is 0.0949. The van der Waals surface area contributed by atoms with Crippen LogP contribution in [0.5, 0.6) is 0 Å². The summed E-state index contributed by atoms with van der Waals surface area (Å²) in [7, 11) is 0. The van der Waals surface area contributed by atoms with Crippen LogP contribution in [0.4, 0.5) is 0 Å². The number of pyridine rings is 1. The molecule has 1 aromatic heterocycles. The van der Waals surface area contributed by atoms with Gasteiger partial charge in [-0.05, 0) is 37.2 Å². The van der Waals surface area contributed by atoms with E-state index < -0.39 is 0 Å². The molecule has 0 amide bonds. The Morgan fingerprint density at radius 3 is 2.62 bits per heavy atom. The molecule has 1 saturated carbocycles. The normalized spacial score (nSPS) is 19.1. The van der Waals surface area contributed by atoms with Gasteiger partial charge in [0, 0.05) is 6.20 Å². The van der Waals surface area contributed by atoms with Gasteiger partial charge in [-0.25, -0.2) is 0 Å². The Balaban J connectivity index is 2.38. The highest BCUT2D eigenvalue weighted by atomic mass is 32.1. The van der Waals surface area contributed by atoms with Gasteiger partial charge in [0.15, 0.2) is 5.05 Å². The van der Waals surface area contributed by atoms with E-state index in [0.717, 1.165) is 25.0 Å². The lowest BCUT2D eigenvalue weighted by atomic mass is 9.67. The third-order valence-electron chi connectivity index (χ3n) is 2.77. The molecule has 1 heterocycles. The number of nitrogens with zero attached hydrogens (tertiary/aromatic N) is 1. The minimum atomic E-state index is -0.309. The molecule has 1 aromatic rings. The molecule has 0 saturated heterocycles. The van der Waals surface area contributed by atoms with Crippen LogP contribution in [0.1, 0.15) is 25.0 Å². The molecule has 2 rings (SSSR count). The number of thiocarbonyl (C=S) groups is 1. The maximum atomic E-state index is 9.47. The first kappa shape index (κ1) is 8.63. The first-order chi connectivity index (χ1) is 6.26. The van der Waals surface area contributed by atoms with E-state index in [4.69, 9.17) is 12.2 Å². The highest BCUT2D eigenvalue weighted by Crippen LogP contribution is 2.43. The third kappa shape index (κ3) is 1.23. The van der Waals surface area contributed by atoms with Crippen molar-refractivity contribution in [1.29, 1.82) is 0 Å². The van der Waals surface area contributed by atoms with Gasteiger partial charge in [-0.15, -0.1) is 0 Å². The first-order valence-electron chi connectivity index (χ1n) is 4.41. The fourth-order valence-electron chi connectivity index (χ4n) is 1.76. The Morgan fingerprint density at radius 2 is 2.23 bits per heavy atom. The van der Waals surface area contributed by atoms with E-state index in [2.05, 4.69) is 4.98 Å². The Labute approximate surface area is 82.6 Å². The van der Waals surface area contributed by atoms with Crippen molar-refractivity contribution in [3.05, 3.63) is 30.1 Å². The number of hydrogen-bond acceptors (Lipinski definition) is 2. The molecular weight excluding hydrogens is 182 g/mol. The van der Waals surface area contributed by atoms with Crippen molar-refractivity contribution in [3.8, 4) is 0 Å². The van der Waals surface area contributed by atoms with E-state index in [1.165, 1.54) is 0 Å². The van der Waals surface area contributed by atoms with Crippen LogP contribution in [0.3, 0.4) is 0 Å². The monoisotopic (exact) mass is 193 g/mol. The van der Waals surface area contributed by atoms with Crippen LogP contribution in [0.15, 0.2) is 24.4 Å². The number of aromatic nitrogens is 1. The lowest BCUT2D eigenvalue weighted by Gasteiger charge is -2.39. The summed E-state index contributed by atoms with van der Waals surface area (Å²) in [5, 5.41) is 9.56. The molecule has 0 radical (unpaired) electrons. The lowest BCUT2D eigenvalue weighted by molar-refractivity contribution is 0.294. The minimum Gasteiger partial charge on any atom is -0.501 e. The average molecular weight is 193 g/mol. The molecule has 68 valence electrons. The van der Waals surface area contributed by atoms with Crippen LogP contribution in [0, 0.1) is 0 Å². The number of hydrogen-bond donors (Lipinski definition) is 1. The molecule has 0 atom stereocenters. The summed E-state index contributed by atoms with van der Waals surface area (Å²) in [6.45, 7) is 0. The Bertz CT molecular complexity index is 319. The Hall–Kier alpha value is -0.960. The molecule has 1 aliphatic rings. The van der Waals surface area contributed by atoms with E-state index in [9.17, 15) is 5.11 Å². The molecule has 13 heavy (non-hydrogen) atoms. The molecule has 0 aliphatic heterocycles. The molecule has 0 aromatic carbocycles. The summed E-state index contributed by atoms with van der Waals surface area (Å²) in [6.07, 6.45) is 4.73. The van der Waals surface area contributed by atoms with Gasteiger partial charge < -0.3 is 5.11 Å². The van der Waals surface area contributed by atoms with Gasteiger partial charge in [-0.1, -0.05) is 12.5 Å². The van der Waals surface area contributed by atoms with Gasteiger partial charge in [0.05, 0.1) is 11.1 Å². The molecule has 2 nitrogen and oxygen atoms in total. The second-order valence-corrected chi connectivity index (χ2v) is 3.84. The Morgan fingerprint density at radius 1 is 1.46 bits per heavy atom. The van der Waals surface area contributed by atoms with Crippen LogP contribution < -0.4 is 0 Å².